The van der Waals surface area contributed by atoms with Gasteiger partial charge in [0.15, 0.2) is 0 Å². The molecule has 0 unspecified atom stereocenters. The van der Waals surface area contributed by atoms with Crippen molar-refractivity contribution in [2.45, 2.75) is 39.2 Å². The molecule has 1 saturated heterocycles. The molecule has 3 N–H and O–H groups in total. The van der Waals surface area contributed by atoms with E-state index in [9.17, 15) is 33.4 Å². The van der Waals surface area contributed by atoms with Crippen molar-refractivity contribution in [1.82, 2.24) is 4.90 Å². The molecule has 0 aliphatic carbocycles. The molecule has 0 aromatic heterocycles. The first-order valence-corrected chi connectivity index (χ1v) is 6.10. The summed E-state index contributed by atoms with van der Waals surface area (Å²) in [4.78, 5) is 34.2. The minimum Gasteiger partial charge on any atom is -0.481 e. The molecule has 0 aromatic rings. The summed E-state index contributed by atoms with van der Waals surface area (Å²) in [6.45, 7) is 2.57. The lowest BCUT2D eigenvalue weighted by atomic mass is 9.57. The van der Waals surface area contributed by atoms with E-state index in [2.05, 4.69) is 0 Å². The van der Waals surface area contributed by atoms with Crippen LogP contribution in [0.1, 0.15) is 27.2 Å². The molecule has 1 heterocycles. The molecule has 1 amide bonds. The van der Waals surface area contributed by atoms with Crippen LogP contribution in [0.3, 0.4) is 0 Å². The van der Waals surface area contributed by atoms with Crippen LogP contribution >= 0.6 is 0 Å². The maximum Gasteiger partial charge on any atom is 0.408 e. The van der Waals surface area contributed by atoms with Crippen molar-refractivity contribution in [3.8, 4) is 0 Å². The minimum atomic E-state index is -3.63. The topological polar surface area (TPSA) is 115 Å². The first kappa shape index (κ1) is 17.1. The Morgan fingerprint density at radius 2 is 1.62 bits per heavy atom. The lowest BCUT2D eigenvalue weighted by Crippen LogP contribution is -2.69. The molecule has 1 aliphatic heterocycles. The molecule has 120 valence electrons. The number of aliphatic carboxylic acids is 2. The third kappa shape index (κ3) is 2.64. The molecule has 7 nitrogen and oxygen atoms in total. The molecule has 0 aromatic carbocycles. The van der Waals surface area contributed by atoms with Gasteiger partial charge in [-0.3, -0.25) is 9.69 Å². The first-order valence-electron chi connectivity index (χ1n) is 6.10. The Balaban J connectivity index is 3.65. The van der Waals surface area contributed by atoms with Crippen LogP contribution in [-0.4, -0.2) is 56.8 Å². The summed E-state index contributed by atoms with van der Waals surface area (Å²) in [5.74, 6) is -7.14. The van der Waals surface area contributed by atoms with Crippen LogP contribution < -0.4 is 0 Å². The highest BCUT2D eigenvalue weighted by Crippen LogP contribution is 2.53. The van der Waals surface area contributed by atoms with Crippen LogP contribution in [0.4, 0.5) is 13.6 Å². The third-order valence-corrected chi connectivity index (χ3v) is 3.92. The van der Waals surface area contributed by atoms with E-state index in [-0.39, 0.29) is 4.90 Å². The zero-order chi connectivity index (χ0) is 16.8. The third-order valence-electron chi connectivity index (χ3n) is 3.92. The lowest BCUT2D eigenvalue weighted by molar-refractivity contribution is -0.203. The Hall–Kier alpha value is -1.93. The number of alkyl halides is 2. The molecule has 1 rings (SSSR count). The van der Waals surface area contributed by atoms with Crippen molar-refractivity contribution in [1.29, 1.82) is 0 Å². The van der Waals surface area contributed by atoms with E-state index in [0.717, 1.165) is 0 Å². The van der Waals surface area contributed by atoms with Gasteiger partial charge in [-0.15, -0.1) is 0 Å². The van der Waals surface area contributed by atoms with Gasteiger partial charge in [0.2, 0.25) is 0 Å². The van der Waals surface area contributed by atoms with Crippen molar-refractivity contribution >= 4 is 18.0 Å². The predicted octanol–water partition coefficient (Wildman–Crippen LogP) is 1.58. The average Bonchev–Trinajstić information content (AvgIpc) is 2.23. The second kappa shape index (κ2) is 4.81. The van der Waals surface area contributed by atoms with Crippen LogP contribution in [0.15, 0.2) is 0 Å². The number of carboxylic acids is 2. The summed E-state index contributed by atoms with van der Waals surface area (Å²) < 4.78 is 27.8. The molecule has 1 aliphatic rings. The lowest BCUT2D eigenvalue weighted by Gasteiger charge is -2.52. The van der Waals surface area contributed by atoms with E-state index in [4.69, 9.17) is 5.11 Å². The van der Waals surface area contributed by atoms with Gasteiger partial charge in [0.05, 0.1) is 6.54 Å². The van der Waals surface area contributed by atoms with E-state index < -0.39 is 53.8 Å². The SMILES string of the molecule is CC(C)(C)[C@]1(C(=O)O)CC(F)(F)CN(C(=O)O)[C@@H]1C(=O)O. The van der Waals surface area contributed by atoms with Gasteiger partial charge in [0.1, 0.15) is 11.5 Å². The summed E-state index contributed by atoms with van der Waals surface area (Å²) in [7, 11) is 0. The monoisotopic (exact) mass is 309 g/mol. The van der Waals surface area contributed by atoms with Gasteiger partial charge in [0.25, 0.3) is 5.92 Å². The fraction of sp³-hybridized carbons (Fsp3) is 0.750. The number of likely N-dealkylation sites (tertiary alicyclic amines) is 1. The number of carbonyl (C=O) groups is 3. The van der Waals surface area contributed by atoms with Gasteiger partial charge >= 0.3 is 18.0 Å². The minimum absolute atomic E-state index is 0.00516. The molecular weight excluding hydrogens is 292 g/mol. The number of amides is 1. The summed E-state index contributed by atoms with van der Waals surface area (Å²) in [5, 5.41) is 27.7. The number of halogens is 2. The van der Waals surface area contributed by atoms with E-state index in [1.165, 1.54) is 20.8 Å². The molecule has 2 atom stereocenters. The molecule has 21 heavy (non-hydrogen) atoms. The Bertz CT molecular complexity index is 487. The summed E-state index contributed by atoms with van der Waals surface area (Å²) in [6.07, 6.45) is -3.13. The van der Waals surface area contributed by atoms with Crippen molar-refractivity contribution in [3.05, 3.63) is 0 Å². The van der Waals surface area contributed by atoms with E-state index in [0.29, 0.717) is 0 Å². The van der Waals surface area contributed by atoms with Crippen LogP contribution in [-0.2, 0) is 9.59 Å². The van der Waals surface area contributed by atoms with Crippen molar-refractivity contribution in [3.63, 3.8) is 0 Å². The van der Waals surface area contributed by atoms with E-state index in [1.807, 2.05) is 0 Å². The number of nitrogens with zero attached hydrogens (tertiary/aromatic N) is 1. The standard InChI is InChI=1S/C12H17F2NO6/c1-10(2,3)12(8(18)19)4-11(13,14)5-15(9(20)21)6(12)7(16)17/h6H,4-5H2,1-3H3,(H,16,17)(H,18,19)(H,20,21)/t6-,12-/m1/s1. The summed E-state index contributed by atoms with van der Waals surface area (Å²) >= 11 is 0. The molecule has 0 radical (unpaired) electrons. The maximum absolute atomic E-state index is 13.9. The normalized spacial score (nSPS) is 29.0. The fourth-order valence-corrected chi connectivity index (χ4v) is 2.88. The molecule has 0 saturated carbocycles. The maximum atomic E-state index is 13.9. The number of hydrogen-bond donors (Lipinski definition) is 3. The van der Waals surface area contributed by atoms with Crippen molar-refractivity contribution < 1.29 is 38.5 Å². The second-order valence-corrected chi connectivity index (χ2v) is 6.21. The zero-order valence-corrected chi connectivity index (χ0v) is 11.8. The Morgan fingerprint density at radius 3 is 1.90 bits per heavy atom. The van der Waals surface area contributed by atoms with Gasteiger partial charge in [-0.05, 0) is 5.41 Å². The highest BCUT2D eigenvalue weighted by atomic mass is 19.3. The quantitative estimate of drug-likeness (QED) is 0.713. The number of carboxylic acid groups (broad SMARTS) is 3. The molecule has 1 fully saturated rings. The molecular formula is C12H17F2NO6. The number of rotatable bonds is 2. The zero-order valence-electron chi connectivity index (χ0n) is 11.8. The highest BCUT2D eigenvalue weighted by Gasteiger charge is 2.67. The second-order valence-electron chi connectivity index (χ2n) is 6.21. The van der Waals surface area contributed by atoms with Gasteiger partial charge in [0, 0.05) is 6.42 Å². The number of hydrogen-bond acceptors (Lipinski definition) is 3. The van der Waals surface area contributed by atoms with Crippen LogP contribution in [0.2, 0.25) is 0 Å². The van der Waals surface area contributed by atoms with Crippen molar-refractivity contribution in [2.24, 2.45) is 10.8 Å². The highest BCUT2D eigenvalue weighted by molar-refractivity contribution is 5.90. The summed E-state index contributed by atoms with van der Waals surface area (Å²) in [5.41, 5.74) is -3.85. The largest absolute Gasteiger partial charge is 0.481 e. The van der Waals surface area contributed by atoms with Gasteiger partial charge in [-0.1, -0.05) is 20.8 Å². The van der Waals surface area contributed by atoms with E-state index >= 15 is 0 Å². The average molecular weight is 309 g/mol. The van der Waals surface area contributed by atoms with Crippen molar-refractivity contribution in [2.75, 3.05) is 6.54 Å². The Morgan fingerprint density at radius 1 is 1.14 bits per heavy atom. The van der Waals surface area contributed by atoms with E-state index in [1.54, 1.807) is 0 Å². The predicted molar refractivity (Wildman–Crippen MR) is 65.2 cm³/mol. The van der Waals surface area contributed by atoms with Crippen LogP contribution in [0.25, 0.3) is 0 Å². The Kier molecular flexibility index (Phi) is 3.93. The van der Waals surface area contributed by atoms with Gasteiger partial charge in [-0.2, -0.15) is 0 Å². The Labute approximate surface area is 119 Å². The van der Waals surface area contributed by atoms with Gasteiger partial charge < -0.3 is 15.3 Å². The molecule has 0 bridgehead atoms. The molecule has 9 heteroatoms. The first-order chi connectivity index (χ1) is 9.26. The number of piperidine rings is 1. The van der Waals surface area contributed by atoms with Gasteiger partial charge in [-0.25, -0.2) is 18.4 Å². The fourth-order valence-electron chi connectivity index (χ4n) is 2.88. The molecule has 0 spiro atoms. The van der Waals surface area contributed by atoms with Crippen LogP contribution in [0, 0.1) is 10.8 Å². The van der Waals surface area contributed by atoms with Crippen LogP contribution in [0.5, 0.6) is 0 Å². The summed E-state index contributed by atoms with van der Waals surface area (Å²) in [6, 6.07) is -2.09. The smallest absolute Gasteiger partial charge is 0.408 e.